The molecule has 0 saturated carbocycles. The van der Waals surface area contributed by atoms with Crippen LogP contribution in [0.3, 0.4) is 0 Å². The molecule has 0 bridgehead atoms. The molecule has 3 rings (SSSR count). The number of likely N-dealkylation sites (N-methyl/N-ethyl adjacent to an activating group) is 1. The molecule has 1 saturated heterocycles. The predicted octanol–water partition coefficient (Wildman–Crippen LogP) is 2.32. The Labute approximate surface area is 108 Å². The van der Waals surface area contributed by atoms with Gasteiger partial charge in [0.25, 0.3) is 0 Å². The van der Waals surface area contributed by atoms with Crippen molar-refractivity contribution >= 4 is 5.78 Å². The monoisotopic (exact) mass is 245 g/mol. The summed E-state index contributed by atoms with van der Waals surface area (Å²) in [6.07, 6.45) is 1.82. The Kier molecular flexibility index (Phi) is 2.86. The number of fused-ring (bicyclic) bond motifs is 3. The molecule has 1 aromatic carbocycles. The van der Waals surface area contributed by atoms with E-state index in [1.165, 1.54) is 0 Å². The number of carbonyl (C=O) groups is 1. The van der Waals surface area contributed by atoms with E-state index in [1.807, 2.05) is 18.2 Å². The zero-order chi connectivity index (χ0) is 12.7. The third-order valence-corrected chi connectivity index (χ3v) is 4.36. The summed E-state index contributed by atoms with van der Waals surface area (Å²) >= 11 is 0. The lowest BCUT2D eigenvalue weighted by Gasteiger charge is -2.40. The van der Waals surface area contributed by atoms with Gasteiger partial charge < -0.3 is 9.64 Å². The summed E-state index contributed by atoms with van der Waals surface area (Å²) in [5, 5.41) is 0. The number of ketones is 1. The van der Waals surface area contributed by atoms with Gasteiger partial charge in [0.05, 0.1) is 7.11 Å². The largest absolute Gasteiger partial charge is 0.496 e. The Bertz CT molecular complexity index is 483. The molecule has 2 atom stereocenters. The fraction of sp³-hybridized carbons (Fsp3) is 0.533. The third-order valence-electron chi connectivity index (χ3n) is 4.36. The van der Waals surface area contributed by atoms with Crippen molar-refractivity contribution in [3.05, 3.63) is 29.3 Å². The number of methoxy groups -OCH3 is 1. The average Bonchev–Trinajstić information content (AvgIpc) is 2.39. The van der Waals surface area contributed by atoms with E-state index in [-0.39, 0.29) is 5.78 Å². The van der Waals surface area contributed by atoms with Crippen LogP contribution in [0.4, 0.5) is 0 Å². The Morgan fingerprint density at radius 3 is 3.00 bits per heavy atom. The van der Waals surface area contributed by atoms with Crippen LogP contribution in [0, 0.1) is 5.92 Å². The van der Waals surface area contributed by atoms with Gasteiger partial charge in [0.1, 0.15) is 5.75 Å². The standard InChI is InChI=1S/C15H19NO2/c1-16-7-6-10-8-13(17)11-4-3-5-14(18-2)15(11)12(10)9-16/h3-5,10,12H,6-9H2,1-2H3/t10-,12-/m1/s1. The minimum absolute atomic E-state index is 0.287. The van der Waals surface area contributed by atoms with E-state index in [2.05, 4.69) is 11.9 Å². The first-order valence-corrected chi connectivity index (χ1v) is 6.59. The molecule has 0 spiro atoms. The number of carbonyl (C=O) groups excluding carboxylic acids is 1. The summed E-state index contributed by atoms with van der Waals surface area (Å²) in [5.41, 5.74) is 2.03. The Balaban J connectivity index is 2.10. The second kappa shape index (κ2) is 4.39. The number of Topliss-reactive ketones (excluding diaryl/α,β-unsaturated/α-hetero) is 1. The molecule has 0 aromatic heterocycles. The first-order valence-electron chi connectivity index (χ1n) is 6.59. The second-order valence-electron chi connectivity index (χ2n) is 5.47. The van der Waals surface area contributed by atoms with Crippen molar-refractivity contribution in [3.63, 3.8) is 0 Å². The Morgan fingerprint density at radius 2 is 2.22 bits per heavy atom. The summed E-state index contributed by atoms with van der Waals surface area (Å²) in [6, 6.07) is 5.84. The van der Waals surface area contributed by atoms with Crippen molar-refractivity contribution in [1.82, 2.24) is 4.90 Å². The summed E-state index contributed by atoms with van der Waals surface area (Å²) in [7, 11) is 3.85. The lowest BCUT2D eigenvalue weighted by molar-refractivity contribution is 0.0884. The van der Waals surface area contributed by atoms with Gasteiger partial charge in [-0.3, -0.25) is 4.79 Å². The highest BCUT2D eigenvalue weighted by molar-refractivity contribution is 5.99. The molecule has 1 aliphatic heterocycles. The second-order valence-corrected chi connectivity index (χ2v) is 5.47. The van der Waals surface area contributed by atoms with Crippen LogP contribution in [0.1, 0.15) is 34.7 Å². The summed E-state index contributed by atoms with van der Waals surface area (Å²) < 4.78 is 5.47. The number of benzene rings is 1. The van der Waals surface area contributed by atoms with Gasteiger partial charge in [-0.1, -0.05) is 12.1 Å². The maximum atomic E-state index is 12.2. The molecule has 2 aliphatic rings. The van der Waals surface area contributed by atoms with Gasteiger partial charge in [0, 0.05) is 30.0 Å². The van der Waals surface area contributed by atoms with Gasteiger partial charge in [-0.05, 0) is 32.0 Å². The summed E-state index contributed by atoms with van der Waals surface area (Å²) in [4.78, 5) is 14.6. The van der Waals surface area contributed by atoms with Gasteiger partial charge in [-0.25, -0.2) is 0 Å². The quantitative estimate of drug-likeness (QED) is 0.760. The first-order chi connectivity index (χ1) is 8.70. The highest BCUT2D eigenvalue weighted by atomic mass is 16.5. The van der Waals surface area contributed by atoms with Gasteiger partial charge in [-0.2, -0.15) is 0 Å². The Morgan fingerprint density at radius 1 is 1.39 bits per heavy atom. The molecule has 3 heteroatoms. The van der Waals surface area contributed by atoms with E-state index < -0.39 is 0 Å². The topological polar surface area (TPSA) is 29.5 Å². The minimum Gasteiger partial charge on any atom is -0.496 e. The number of piperidine rings is 1. The maximum absolute atomic E-state index is 12.2. The molecule has 0 radical (unpaired) electrons. The predicted molar refractivity (Wildman–Crippen MR) is 70.3 cm³/mol. The van der Waals surface area contributed by atoms with Crippen molar-refractivity contribution in [1.29, 1.82) is 0 Å². The van der Waals surface area contributed by atoms with Crippen LogP contribution in [0.15, 0.2) is 18.2 Å². The van der Waals surface area contributed by atoms with E-state index >= 15 is 0 Å². The van der Waals surface area contributed by atoms with E-state index in [1.54, 1.807) is 7.11 Å². The fourth-order valence-corrected chi connectivity index (χ4v) is 3.43. The number of ether oxygens (including phenoxy) is 1. The van der Waals surface area contributed by atoms with Gasteiger partial charge >= 0.3 is 0 Å². The molecule has 1 aliphatic carbocycles. The van der Waals surface area contributed by atoms with Gasteiger partial charge in [-0.15, -0.1) is 0 Å². The van der Waals surface area contributed by atoms with Crippen LogP contribution in [0.2, 0.25) is 0 Å². The summed E-state index contributed by atoms with van der Waals surface area (Å²) in [6.45, 7) is 2.13. The van der Waals surface area contributed by atoms with Crippen LogP contribution >= 0.6 is 0 Å². The third kappa shape index (κ3) is 1.74. The molecule has 96 valence electrons. The lowest BCUT2D eigenvalue weighted by atomic mass is 9.71. The first kappa shape index (κ1) is 11.7. The molecule has 1 heterocycles. The number of likely N-dealkylation sites (tertiary alicyclic amines) is 1. The fourth-order valence-electron chi connectivity index (χ4n) is 3.43. The molecule has 1 aromatic rings. The van der Waals surface area contributed by atoms with E-state index in [0.29, 0.717) is 18.3 Å². The van der Waals surface area contributed by atoms with Crippen molar-refractivity contribution in [3.8, 4) is 5.75 Å². The molecule has 0 N–H and O–H groups in total. The SMILES string of the molecule is COc1cccc2c1[C@@H]1CN(C)CC[C@@H]1CC2=O. The van der Waals surface area contributed by atoms with Crippen molar-refractivity contribution in [2.45, 2.75) is 18.8 Å². The highest BCUT2D eigenvalue weighted by Gasteiger charge is 2.38. The van der Waals surface area contributed by atoms with Crippen LogP contribution in [0.25, 0.3) is 0 Å². The normalized spacial score (nSPS) is 27.6. The zero-order valence-electron chi connectivity index (χ0n) is 11.0. The minimum atomic E-state index is 0.287. The van der Waals surface area contributed by atoms with E-state index in [9.17, 15) is 4.79 Å². The lowest BCUT2D eigenvalue weighted by Crippen LogP contribution is -2.40. The molecule has 3 nitrogen and oxygen atoms in total. The molecule has 0 unspecified atom stereocenters. The van der Waals surface area contributed by atoms with Crippen molar-refractivity contribution < 1.29 is 9.53 Å². The average molecular weight is 245 g/mol. The number of nitrogens with zero attached hydrogens (tertiary/aromatic N) is 1. The smallest absolute Gasteiger partial charge is 0.163 e. The van der Waals surface area contributed by atoms with Crippen molar-refractivity contribution in [2.24, 2.45) is 5.92 Å². The van der Waals surface area contributed by atoms with Gasteiger partial charge in [0.2, 0.25) is 0 Å². The van der Waals surface area contributed by atoms with Crippen LogP contribution in [-0.2, 0) is 0 Å². The van der Waals surface area contributed by atoms with Crippen molar-refractivity contribution in [2.75, 3.05) is 27.2 Å². The van der Waals surface area contributed by atoms with Gasteiger partial charge in [0.15, 0.2) is 5.78 Å². The van der Waals surface area contributed by atoms with Crippen LogP contribution in [-0.4, -0.2) is 37.9 Å². The number of hydrogen-bond acceptors (Lipinski definition) is 3. The molecule has 18 heavy (non-hydrogen) atoms. The molecular weight excluding hydrogens is 226 g/mol. The molecule has 0 amide bonds. The van der Waals surface area contributed by atoms with Crippen LogP contribution < -0.4 is 4.74 Å². The summed E-state index contributed by atoms with van der Waals surface area (Å²) in [5.74, 6) is 2.12. The van der Waals surface area contributed by atoms with Crippen LogP contribution in [0.5, 0.6) is 5.75 Å². The van der Waals surface area contributed by atoms with E-state index in [4.69, 9.17) is 4.74 Å². The molecule has 1 fully saturated rings. The Hall–Kier alpha value is -1.35. The molecular formula is C15H19NO2. The highest BCUT2D eigenvalue weighted by Crippen LogP contribution is 2.44. The number of rotatable bonds is 1. The number of hydrogen-bond donors (Lipinski definition) is 0. The zero-order valence-corrected chi connectivity index (χ0v) is 11.0. The maximum Gasteiger partial charge on any atom is 0.163 e. The van der Waals surface area contributed by atoms with E-state index in [0.717, 1.165) is 36.4 Å².